The smallest absolute Gasteiger partial charge is 0.134 e. The number of thiophene rings is 1. The van der Waals surface area contributed by atoms with Gasteiger partial charge in [-0.05, 0) is 30.2 Å². The molecular weight excluding hydrogens is 320 g/mol. The van der Waals surface area contributed by atoms with Crippen molar-refractivity contribution in [2.45, 2.75) is 25.9 Å². The van der Waals surface area contributed by atoms with Gasteiger partial charge in [-0.15, -0.1) is 11.3 Å². The Morgan fingerprint density at radius 1 is 1.17 bits per heavy atom. The second-order valence-electron chi connectivity index (χ2n) is 6.75. The minimum atomic E-state index is 0.146. The summed E-state index contributed by atoms with van der Waals surface area (Å²) in [6, 6.07) is 6.39. The van der Waals surface area contributed by atoms with Crippen molar-refractivity contribution in [2.75, 3.05) is 42.6 Å². The predicted molar refractivity (Wildman–Crippen MR) is 97.9 cm³/mol. The van der Waals surface area contributed by atoms with Gasteiger partial charge in [-0.1, -0.05) is 13.0 Å². The average molecular weight is 344 g/mol. The van der Waals surface area contributed by atoms with Gasteiger partial charge in [-0.2, -0.15) is 0 Å². The monoisotopic (exact) mass is 344 g/mol. The van der Waals surface area contributed by atoms with Crippen molar-refractivity contribution in [1.82, 2.24) is 9.97 Å². The number of morpholine rings is 1. The quantitative estimate of drug-likeness (QED) is 0.854. The van der Waals surface area contributed by atoms with Crippen molar-refractivity contribution in [3.05, 3.63) is 34.8 Å². The molecule has 128 valence electrons. The molecule has 0 saturated carbocycles. The molecule has 0 bridgehead atoms. The summed E-state index contributed by atoms with van der Waals surface area (Å²) in [5, 5.41) is 2.11. The molecule has 24 heavy (non-hydrogen) atoms. The molecule has 2 saturated heterocycles. The third-order valence-corrected chi connectivity index (χ3v) is 5.83. The lowest BCUT2D eigenvalue weighted by atomic mass is 10.0. The molecule has 2 fully saturated rings. The second kappa shape index (κ2) is 7.07. The van der Waals surface area contributed by atoms with Gasteiger partial charge in [-0.25, -0.2) is 9.97 Å². The molecule has 0 spiro atoms. The van der Waals surface area contributed by atoms with Gasteiger partial charge in [0.15, 0.2) is 0 Å². The van der Waals surface area contributed by atoms with Crippen molar-refractivity contribution < 1.29 is 4.74 Å². The molecule has 2 unspecified atom stereocenters. The topological polar surface area (TPSA) is 41.5 Å². The fourth-order valence-corrected chi connectivity index (χ4v) is 4.35. The Labute approximate surface area is 147 Å². The first kappa shape index (κ1) is 15.8. The maximum atomic E-state index is 5.95. The van der Waals surface area contributed by atoms with Crippen LogP contribution in [0.4, 0.5) is 11.6 Å². The molecule has 4 rings (SSSR count). The van der Waals surface area contributed by atoms with Gasteiger partial charge >= 0.3 is 0 Å². The normalized spacial score (nSPS) is 25.0. The molecular formula is C18H24N4OS. The van der Waals surface area contributed by atoms with Crippen molar-refractivity contribution in [3.63, 3.8) is 0 Å². The van der Waals surface area contributed by atoms with E-state index in [0.717, 1.165) is 50.3 Å². The van der Waals surface area contributed by atoms with E-state index in [1.807, 2.05) is 0 Å². The summed E-state index contributed by atoms with van der Waals surface area (Å²) in [6.45, 7) is 6.99. The Morgan fingerprint density at radius 3 is 2.75 bits per heavy atom. The van der Waals surface area contributed by atoms with Crippen LogP contribution in [0.2, 0.25) is 0 Å². The van der Waals surface area contributed by atoms with Crippen molar-refractivity contribution in [3.8, 4) is 0 Å². The van der Waals surface area contributed by atoms with Crippen LogP contribution >= 0.6 is 11.3 Å². The van der Waals surface area contributed by atoms with E-state index in [4.69, 9.17) is 4.74 Å². The molecule has 0 radical (unpaired) electrons. The zero-order valence-electron chi connectivity index (χ0n) is 14.1. The van der Waals surface area contributed by atoms with Gasteiger partial charge in [-0.3, -0.25) is 0 Å². The Morgan fingerprint density at radius 2 is 2.00 bits per heavy atom. The lowest BCUT2D eigenvalue weighted by molar-refractivity contribution is 0.0418. The molecule has 2 aliphatic heterocycles. The summed E-state index contributed by atoms with van der Waals surface area (Å²) in [4.78, 5) is 15.1. The number of anilines is 2. The fraction of sp³-hybridized carbons (Fsp3) is 0.556. The van der Waals surface area contributed by atoms with E-state index in [9.17, 15) is 0 Å². The summed E-state index contributed by atoms with van der Waals surface area (Å²) in [5.74, 6) is 2.82. The Bertz CT molecular complexity index is 663. The van der Waals surface area contributed by atoms with Crippen molar-refractivity contribution in [1.29, 1.82) is 0 Å². The maximum absolute atomic E-state index is 5.95. The van der Waals surface area contributed by atoms with E-state index in [-0.39, 0.29) is 6.10 Å². The lowest BCUT2D eigenvalue weighted by Crippen LogP contribution is -2.39. The van der Waals surface area contributed by atoms with Gasteiger partial charge in [0.2, 0.25) is 0 Å². The molecule has 0 aromatic carbocycles. The number of aromatic nitrogens is 2. The third kappa shape index (κ3) is 3.39. The van der Waals surface area contributed by atoms with E-state index in [0.29, 0.717) is 0 Å². The first-order valence-electron chi connectivity index (χ1n) is 8.76. The number of ether oxygens (including phenoxy) is 1. The van der Waals surface area contributed by atoms with Crippen molar-refractivity contribution >= 4 is 23.0 Å². The minimum absolute atomic E-state index is 0.146. The highest BCUT2D eigenvalue weighted by Crippen LogP contribution is 2.29. The average Bonchev–Trinajstić information content (AvgIpc) is 3.17. The summed E-state index contributed by atoms with van der Waals surface area (Å²) < 4.78 is 5.95. The van der Waals surface area contributed by atoms with E-state index >= 15 is 0 Å². The Hall–Kier alpha value is -1.66. The number of hydrogen-bond acceptors (Lipinski definition) is 6. The van der Waals surface area contributed by atoms with Crippen molar-refractivity contribution in [2.24, 2.45) is 5.92 Å². The summed E-state index contributed by atoms with van der Waals surface area (Å²) >= 11 is 1.76. The summed E-state index contributed by atoms with van der Waals surface area (Å²) in [6.07, 6.45) is 4.42. The van der Waals surface area contributed by atoms with Gasteiger partial charge in [0.1, 0.15) is 24.1 Å². The highest BCUT2D eigenvalue weighted by Gasteiger charge is 2.25. The third-order valence-electron chi connectivity index (χ3n) is 4.87. The minimum Gasteiger partial charge on any atom is -0.369 e. The standard InChI is InChI=1S/C18H24N4OS/c1-14-4-2-6-21(11-14)17-10-18(20-13-19-17)22-7-8-23-15(12-22)16-5-3-9-24-16/h3,5,9-10,13-15H,2,4,6-8,11-12H2,1H3. The maximum Gasteiger partial charge on any atom is 0.134 e. The highest BCUT2D eigenvalue weighted by molar-refractivity contribution is 7.10. The van der Waals surface area contributed by atoms with E-state index in [1.165, 1.54) is 17.7 Å². The molecule has 2 atom stereocenters. The molecule has 5 nitrogen and oxygen atoms in total. The molecule has 2 aliphatic rings. The van der Waals surface area contributed by atoms with E-state index in [2.05, 4.69) is 50.3 Å². The molecule has 0 N–H and O–H groups in total. The lowest BCUT2D eigenvalue weighted by Gasteiger charge is -2.35. The van der Waals surface area contributed by atoms with Crippen LogP contribution in [0.3, 0.4) is 0 Å². The molecule has 0 amide bonds. The van der Waals surface area contributed by atoms with Gasteiger partial charge in [0, 0.05) is 30.6 Å². The highest BCUT2D eigenvalue weighted by atomic mass is 32.1. The van der Waals surface area contributed by atoms with Crippen LogP contribution in [-0.4, -0.2) is 42.8 Å². The Balaban J connectivity index is 1.50. The molecule has 0 aliphatic carbocycles. The van der Waals surface area contributed by atoms with E-state index in [1.54, 1.807) is 17.7 Å². The number of rotatable bonds is 3. The zero-order chi connectivity index (χ0) is 16.4. The molecule has 6 heteroatoms. The second-order valence-corrected chi connectivity index (χ2v) is 7.73. The van der Waals surface area contributed by atoms with Gasteiger partial charge in [0.25, 0.3) is 0 Å². The predicted octanol–water partition coefficient (Wildman–Crippen LogP) is 3.35. The van der Waals surface area contributed by atoms with Crippen LogP contribution in [0.25, 0.3) is 0 Å². The van der Waals surface area contributed by atoms with Crippen LogP contribution in [0.15, 0.2) is 29.9 Å². The Kier molecular flexibility index (Phi) is 4.67. The number of nitrogens with zero attached hydrogens (tertiary/aromatic N) is 4. The summed E-state index contributed by atoms with van der Waals surface area (Å²) in [7, 11) is 0. The van der Waals surface area contributed by atoms with Crippen LogP contribution in [-0.2, 0) is 4.74 Å². The first-order valence-corrected chi connectivity index (χ1v) is 9.64. The fourth-order valence-electron chi connectivity index (χ4n) is 3.58. The number of hydrogen-bond donors (Lipinski definition) is 0. The first-order chi connectivity index (χ1) is 11.8. The zero-order valence-corrected chi connectivity index (χ0v) is 14.9. The molecule has 4 heterocycles. The van der Waals surface area contributed by atoms with Gasteiger partial charge < -0.3 is 14.5 Å². The summed E-state index contributed by atoms with van der Waals surface area (Å²) in [5.41, 5.74) is 0. The van der Waals surface area contributed by atoms with Crippen LogP contribution in [0, 0.1) is 5.92 Å². The van der Waals surface area contributed by atoms with Crippen LogP contribution in [0.5, 0.6) is 0 Å². The van der Waals surface area contributed by atoms with Gasteiger partial charge in [0.05, 0.1) is 13.2 Å². The molecule has 2 aromatic heterocycles. The van der Waals surface area contributed by atoms with Crippen LogP contribution < -0.4 is 9.80 Å². The SMILES string of the molecule is CC1CCCN(c2cc(N3CCOC(c4cccs4)C3)ncn2)C1. The van der Waals surface area contributed by atoms with E-state index < -0.39 is 0 Å². The van der Waals surface area contributed by atoms with Crippen LogP contribution in [0.1, 0.15) is 30.7 Å². The number of piperidine rings is 1. The largest absolute Gasteiger partial charge is 0.369 e. The molecule has 2 aromatic rings.